The van der Waals surface area contributed by atoms with Crippen molar-refractivity contribution in [1.82, 2.24) is 10.2 Å². The van der Waals surface area contributed by atoms with E-state index in [1.807, 2.05) is 0 Å². The van der Waals surface area contributed by atoms with E-state index in [-0.39, 0.29) is 0 Å². The minimum atomic E-state index is 0.784. The summed E-state index contributed by atoms with van der Waals surface area (Å²) in [6, 6.07) is 2.50. The quantitative estimate of drug-likeness (QED) is 0.758. The average molecular weight is 266 g/mol. The maximum atomic E-state index is 3.74. The van der Waals surface area contributed by atoms with Crippen LogP contribution in [0.2, 0.25) is 0 Å². The van der Waals surface area contributed by atoms with Gasteiger partial charge in [-0.05, 0) is 52.1 Å². The lowest BCUT2D eigenvalue weighted by atomic mass is 9.88. The molecule has 2 heteroatoms. The summed E-state index contributed by atoms with van der Waals surface area (Å²) >= 11 is 0. The highest BCUT2D eigenvalue weighted by molar-refractivity contribution is 4.86. The third-order valence-corrected chi connectivity index (χ3v) is 5.31. The molecule has 0 bridgehead atoms. The largest absolute Gasteiger partial charge is 0.314 e. The van der Waals surface area contributed by atoms with E-state index >= 15 is 0 Å². The van der Waals surface area contributed by atoms with Crippen LogP contribution >= 0.6 is 0 Å². The second-order valence-corrected chi connectivity index (χ2v) is 6.78. The lowest BCUT2D eigenvalue weighted by molar-refractivity contribution is 0.113. The molecule has 0 heterocycles. The fraction of sp³-hybridized carbons (Fsp3) is 1.00. The molecule has 2 saturated carbocycles. The number of nitrogens with zero attached hydrogens (tertiary/aromatic N) is 1. The van der Waals surface area contributed by atoms with Crippen molar-refractivity contribution >= 4 is 0 Å². The molecule has 0 saturated heterocycles. The van der Waals surface area contributed by atoms with Gasteiger partial charge in [0.25, 0.3) is 0 Å². The Bertz CT molecular complexity index is 233. The molecule has 19 heavy (non-hydrogen) atoms. The van der Waals surface area contributed by atoms with E-state index in [4.69, 9.17) is 0 Å². The summed E-state index contributed by atoms with van der Waals surface area (Å²) in [4.78, 5) is 2.76. The summed E-state index contributed by atoms with van der Waals surface area (Å²) in [5.41, 5.74) is 0. The standard InChI is InChI=1S/C17H34N2/c1-3-13-18-15-9-8-12-17(14-15)19(2)16-10-6-4-5-7-11-16/h15-18H,3-14H2,1-2H3. The lowest BCUT2D eigenvalue weighted by Gasteiger charge is -2.40. The van der Waals surface area contributed by atoms with Crippen LogP contribution < -0.4 is 5.32 Å². The summed E-state index contributed by atoms with van der Waals surface area (Å²) in [7, 11) is 2.41. The molecule has 0 aromatic carbocycles. The lowest BCUT2D eigenvalue weighted by Crippen LogP contribution is -2.46. The van der Waals surface area contributed by atoms with E-state index in [0.717, 1.165) is 18.1 Å². The predicted octanol–water partition coefficient (Wildman–Crippen LogP) is 3.95. The fourth-order valence-electron chi connectivity index (χ4n) is 4.03. The first kappa shape index (κ1) is 15.3. The van der Waals surface area contributed by atoms with E-state index in [9.17, 15) is 0 Å². The summed E-state index contributed by atoms with van der Waals surface area (Å²) in [5, 5.41) is 3.74. The Balaban J connectivity index is 1.81. The zero-order valence-corrected chi connectivity index (χ0v) is 13.2. The molecule has 2 nitrogen and oxygen atoms in total. The first-order valence-corrected chi connectivity index (χ1v) is 8.76. The monoisotopic (exact) mass is 266 g/mol. The second-order valence-electron chi connectivity index (χ2n) is 6.78. The maximum Gasteiger partial charge on any atom is 0.0110 e. The molecule has 1 N–H and O–H groups in total. The van der Waals surface area contributed by atoms with E-state index in [0.29, 0.717) is 0 Å². The molecule has 0 amide bonds. The highest BCUT2D eigenvalue weighted by Gasteiger charge is 2.28. The number of rotatable bonds is 5. The van der Waals surface area contributed by atoms with Crippen molar-refractivity contribution in [3.05, 3.63) is 0 Å². The van der Waals surface area contributed by atoms with Crippen LogP contribution in [0, 0.1) is 0 Å². The molecule has 2 fully saturated rings. The van der Waals surface area contributed by atoms with Crippen LogP contribution in [0.1, 0.15) is 77.6 Å². The van der Waals surface area contributed by atoms with Crippen molar-refractivity contribution in [3.63, 3.8) is 0 Å². The zero-order chi connectivity index (χ0) is 13.5. The van der Waals surface area contributed by atoms with E-state index < -0.39 is 0 Å². The van der Waals surface area contributed by atoms with Crippen LogP contribution in [-0.4, -0.2) is 36.6 Å². The van der Waals surface area contributed by atoms with E-state index in [1.54, 1.807) is 0 Å². The molecule has 0 spiro atoms. The van der Waals surface area contributed by atoms with Crippen molar-refractivity contribution in [2.45, 2.75) is 95.7 Å². The zero-order valence-electron chi connectivity index (χ0n) is 13.2. The Hall–Kier alpha value is -0.0800. The predicted molar refractivity (Wildman–Crippen MR) is 83.6 cm³/mol. The Morgan fingerprint density at radius 3 is 2.26 bits per heavy atom. The van der Waals surface area contributed by atoms with Gasteiger partial charge in [0.05, 0.1) is 0 Å². The molecular formula is C17H34N2. The third kappa shape index (κ3) is 4.75. The van der Waals surface area contributed by atoms with Crippen LogP contribution in [-0.2, 0) is 0 Å². The van der Waals surface area contributed by atoms with Crippen LogP contribution in [0.4, 0.5) is 0 Å². The van der Waals surface area contributed by atoms with Gasteiger partial charge >= 0.3 is 0 Å². The molecule has 2 atom stereocenters. The van der Waals surface area contributed by atoms with Gasteiger partial charge < -0.3 is 10.2 Å². The first-order chi connectivity index (χ1) is 9.31. The summed E-state index contributed by atoms with van der Waals surface area (Å²) in [5.74, 6) is 0. The van der Waals surface area contributed by atoms with Gasteiger partial charge in [-0.1, -0.05) is 39.0 Å². The second kappa shape index (κ2) is 8.26. The first-order valence-electron chi connectivity index (χ1n) is 8.76. The van der Waals surface area contributed by atoms with Crippen LogP contribution in [0.5, 0.6) is 0 Å². The van der Waals surface area contributed by atoms with Gasteiger partial charge in [0.15, 0.2) is 0 Å². The molecule has 2 unspecified atom stereocenters. The maximum absolute atomic E-state index is 3.74. The number of hydrogen-bond donors (Lipinski definition) is 1. The van der Waals surface area contributed by atoms with Crippen LogP contribution in [0.3, 0.4) is 0 Å². The summed E-state index contributed by atoms with van der Waals surface area (Å²) < 4.78 is 0. The normalized spacial score (nSPS) is 30.5. The average Bonchev–Trinajstić information content (AvgIpc) is 2.73. The Morgan fingerprint density at radius 1 is 0.895 bits per heavy atom. The summed E-state index contributed by atoms with van der Waals surface area (Å²) in [6.07, 6.45) is 15.6. The van der Waals surface area contributed by atoms with Crippen molar-refractivity contribution in [1.29, 1.82) is 0 Å². The highest BCUT2D eigenvalue weighted by Crippen LogP contribution is 2.28. The smallest absolute Gasteiger partial charge is 0.0110 e. The van der Waals surface area contributed by atoms with E-state index in [2.05, 4.69) is 24.2 Å². The van der Waals surface area contributed by atoms with Crippen LogP contribution in [0.15, 0.2) is 0 Å². The number of nitrogens with one attached hydrogen (secondary N) is 1. The molecule has 2 aliphatic carbocycles. The summed E-state index contributed by atoms with van der Waals surface area (Å²) in [6.45, 7) is 3.47. The number of hydrogen-bond acceptors (Lipinski definition) is 2. The van der Waals surface area contributed by atoms with Gasteiger partial charge in [-0.25, -0.2) is 0 Å². The molecule has 2 rings (SSSR count). The van der Waals surface area contributed by atoms with Gasteiger partial charge in [0.2, 0.25) is 0 Å². The molecule has 0 aromatic rings. The van der Waals surface area contributed by atoms with Gasteiger partial charge in [0, 0.05) is 18.1 Å². The third-order valence-electron chi connectivity index (χ3n) is 5.31. The van der Waals surface area contributed by atoms with Gasteiger partial charge in [-0.2, -0.15) is 0 Å². The van der Waals surface area contributed by atoms with Gasteiger partial charge in [0.1, 0.15) is 0 Å². The van der Waals surface area contributed by atoms with Gasteiger partial charge in [-0.3, -0.25) is 0 Å². The molecule has 0 radical (unpaired) electrons. The molecule has 112 valence electrons. The topological polar surface area (TPSA) is 15.3 Å². The Kier molecular flexibility index (Phi) is 6.66. The SMILES string of the molecule is CCCNC1CCCC(N(C)C2CCCCCC2)C1. The van der Waals surface area contributed by atoms with Gasteiger partial charge in [-0.15, -0.1) is 0 Å². The van der Waals surface area contributed by atoms with Crippen molar-refractivity contribution < 1.29 is 0 Å². The van der Waals surface area contributed by atoms with Crippen LogP contribution in [0.25, 0.3) is 0 Å². The molecule has 0 aliphatic heterocycles. The minimum absolute atomic E-state index is 0.784. The van der Waals surface area contributed by atoms with Crippen molar-refractivity contribution in [3.8, 4) is 0 Å². The Morgan fingerprint density at radius 2 is 1.58 bits per heavy atom. The Labute approximate surface area is 120 Å². The molecular weight excluding hydrogens is 232 g/mol. The molecule has 2 aliphatic rings. The van der Waals surface area contributed by atoms with Crippen molar-refractivity contribution in [2.75, 3.05) is 13.6 Å². The highest BCUT2D eigenvalue weighted by atomic mass is 15.2. The van der Waals surface area contributed by atoms with E-state index in [1.165, 1.54) is 77.2 Å². The fourth-order valence-corrected chi connectivity index (χ4v) is 4.03. The minimum Gasteiger partial charge on any atom is -0.314 e. The molecule has 0 aromatic heterocycles. The van der Waals surface area contributed by atoms with Crippen molar-refractivity contribution in [2.24, 2.45) is 0 Å².